The zero-order valence-electron chi connectivity index (χ0n) is 11.7. The molecule has 0 aliphatic rings. The third kappa shape index (κ3) is 3.78. The molecule has 108 valence electrons. The van der Waals surface area contributed by atoms with Gasteiger partial charge in [0.2, 0.25) is 0 Å². The summed E-state index contributed by atoms with van der Waals surface area (Å²) in [5, 5.41) is 12.4. The van der Waals surface area contributed by atoms with Gasteiger partial charge in [0.15, 0.2) is 0 Å². The van der Waals surface area contributed by atoms with Crippen LogP contribution in [0.2, 0.25) is 0 Å². The summed E-state index contributed by atoms with van der Waals surface area (Å²) in [6.45, 7) is 2.05. The molecule has 5 heteroatoms. The van der Waals surface area contributed by atoms with E-state index in [1.807, 2.05) is 30.3 Å². The van der Waals surface area contributed by atoms with Gasteiger partial charge in [0.05, 0.1) is 28.9 Å². The molecule has 0 saturated heterocycles. The monoisotopic (exact) mass is 408 g/mol. The smallest absolute Gasteiger partial charge is 0.135 e. The topological polar surface area (TPSA) is 45.0 Å². The largest absolute Gasteiger partial charge is 0.495 e. The highest BCUT2D eigenvalue weighted by Gasteiger charge is 2.11. The predicted octanol–water partition coefficient (Wildman–Crippen LogP) is 5.26. The summed E-state index contributed by atoms with van der Waals surface area (Å²) in [5.41, 5.74) is 2.65. The van der Waals surface area contributed by atoms with Crippen LogP contribution in [-0.4, -0.2) is 7.11 Å². The van der Waals surface area contributed by atoms with Crippen LogP contribution in [0.3, 0.4) is 0 Å². The summed E-state index contributed by atoms with van der Waals surface area (Å²) < 4.78 is 7.15. The Labute approximate surface area is 141 Å². The average Bonchev–Trinajstić information content (AvgIpc) is 2.50. The molecule has 3 nitrogen and oxygen atoms in total. The highest BCUT2D eigenvalue weighted by Crippen LogP contribution is 2.36. The second-order valence-electron chi connectivity index (χ2n) is 4.57. The van der Waals surface area contributed by atoms with Crippen molar-refractivity contribution in [3.8, 4) is 11.8 Å². The average molecular weight is 410 g/mol. The molecule has 1 N–H and O–H groups in total. The molecular formula is C16H14Br2N2O. The van der Waals surface area contributed by atoms with Gasteiger partial charge in [-0.15, -0.1) is 0 Å². The fraction of sp³-hybridized carbons (Fsp3) is 0.188. The molecule has 21 heavy (non-hydrogen) atoms. The standard InChI is InChI=1S/C16H14Br2N2O/c1-10(12-5-3-4-11(6-12)9-19)20-15-8-16(21-2)14(18)7-13(15)17/h3-8,10,20H,1-2H3. The van der Waals surface area contributed by atoms with Gasteiger partial charge in [0.1, 0.15) is 5.75 Å². The van der Waals surface area contributed by atoms with Crippen molar-refractivity contribution in [2.24, 2.45) is 0 Å². The molecule has 0 heterocycles. The first-order chi connectivity index (χ1) is 10.0. The number of nitrogens with zero attached hydrogens (tertiary/aromatic N) is 1. The number of benzene rings is 2. The van der Waals surface area contributed by atoms with E-state index in [0.29, 0.717) is 5.56 Å². The van der Waals surface area contributed by atoms with Crippen molar-refractivity contribution in [2.45, 2.75) is 13.0 Å². The van der Waals surface area contributed by atoms with Gasteiger partial charge in [-0.3, -0.25) is 0 Å². The maximum absolute atomic E-state index is 8.98. The van der Waals surface area contributed by atoms with Crippen molar-refractivity contribution in [1.82, 2.24) is 0 Å². The van der Waals surface area contributed by atoms with Gasteiger partial charge < -0.3 is 10.1 Å². The maximum atomic E-state index is 8.98. The Hall–Kier alpha value is -1.51. The van der Waals surface area contributed by atoms with Gasteiger partial charge in [-0.25, -0.2) is 0 Å². The van der Waals surface area contributed by atoms with Crippen LogP contribution in [-0.2, 0) is 0 Å². The number of halogens is 2. The summed E-state index contributed by atoms with van der Waals surface area (Å²) in [5.74, 6) is 0.763. The van der Waals surface area contributed by atoms with E-state index in [0.717, 1.165) is 25.9 Å². The molecule has 0 bridgehead atoms. The predicted molar refractivity (Wildman–Crippen MR) is 91.6 cm³/mol. The lowest BCUT2D eigenvalue weighted by atomic mass is 10.1. The van der Waals surface area contributed by atoms with Crippen LogP contribution in [0.5, 0.6) is 5.75 Å². The molecule has 1 atom stereocenters. The molecule has 2 aromatic rings. The number of methoxy groups -OCH3 is 1. The van der Waals surface area contributed by atoms with Crippen LogP contribution < -0.4 is 10.1 Å². The zero-order valence-corrected chi connectivity index (χ0v) is 14.8. The molecule has 0 saturated carbocycles. The van der Waals surface area contributed by atoms with Crippen LogP contribution >= 0.6 is 31.9 Å². The number of hydrogen-bond acceptors (Lipinski definition) is 3. The lowest BCUT2D eigenvalue weighted by molar-refractivity contribution is 0.412. The summed E-state index contributed by atoms with van der Waals surface area (Å²) >= 11 is 6.99. The Morgan fingerprint density at radius 1 is 1.19 bits per heavy atom. The number of rotatable bonds is 4. The van der Waals surface area contributed by atoms with E-state index >= 15 is 0 Å². The minimum atomic E-state index is 0.0699. The van der Waals surface area contributed by atoms with Crippen molar-refractivity contribution >= 4 is 37.5 Å². The van der Waals surface area contributed by atoms with Gasteiger partial charge in [-0.2, -0.15) is 5.26 Å². The second-order valence-corrected chi connectivity index (χ2v) is 6.28. The molecule has 2 aromatic carbocycles. The van der Waals surface area contributed by atoms with Crippen LogP contribution in [0.25, 0.3) is 0 Å². The molecule has 0 aliphatic carbocycles. The van der Waals surface area contributed by atoms with Crippen molar-refractivity contribution in [3.05, 3.63) is 56.5 Å². The number of nitriles is 1. The molecule has 1 unspecified atom stereocenters. The van der Waals surface area contributed by atoms with Crippen LogP contribution in [0.1, 0.15) is 24.1 Å². The molecule has 0 fully saturated rings. The number of anilines is 1. The Balaban J connectivity index is 2.27. The van der Waals surface area contributed by atoms with Crippen LogP contribution in [0.4, 0.5) is 5.69 Å². The maximum Gasteiger partial charge on any atom is 0.135 e. The van der Waals surface area contributed by atoms with Crippen LogP contribution in [0.15, 0.2) is 45.3 Å². The molecular weight excluding hydrogens is 396 g/mol. The van der Waals surface area contributed by atoms with E-state index in [1.54, 1.807) is 13.2 Å². The third-order valence-corrected chi connectivity index (χ3v) is 4.41. The van der Waals surface area contributed by atoms with Crippen molar-refractivity contribution in [1.29, 1.82) is 5.26 Å². The van der Waals surface area contributed by atoms with Gasteiger partial charge in [0.25, 0.3) is 0 Å². The first-order valence-electron chi connectivity index (χ1n) is 6.34. The Morgan fingerprint density at radius 3 is 2.62 bits per heavy atom. The molecule has 0 aromatic heterocycles. The van der Waals surface area contributed by atoms with E-state index in [2.05, 4.69) is 50.2 Å². The summed E-state index contributed by atoms with van der Waals surface area (Å²) in [6.07, 6.45) is 0. The van der Waals surface area contributed by atoms with E-state index in [9.17, 15) is 0 Å². The van der Waals surface area contributed by atoms with Crippen molar-refractivity contribution in [3.63, 3.8) is 0 Å². The Kier molecular flexibility index (Phi) is 5.27. The quantitative estimate of drug-likeness (QED) is 0.748. The molecule has 0 radical (unpaired) electrons. The van der Waals surface area contributed by atoms with Crippen molar-refractivity contribution in [2.75, 3.05) is 12.4 Å². The fourth-order valence-electron chi connectivity index (χ4n) is 1.99. The third-order valence-electron chi connectivity index (χ3n) is 3.13. The molecule has 0 aliphatic heterocycles. The van der Waals surface area contributed by atoms with Gasteiger partial charge in [-0.1, -0.05) is 12.1 Å². The first-order valence-corrected chi connectivity index (χ1v) is 7.93. The Morgan fingerprint density at radius 2 is 1.95 bits per heavy atom. The summed E-state index contributed by atoms with van der Waals surface area (Å²) in [4.78, 5) is 0. The normalized spacial score (nSPS) is 11.6. The van der Waals surface area contributed by atoms with E-state index in [-0.39, 0.29) is 6.04 Å². The number of hydrogen-bond donors (Lipinski definition) is 1. The highest BCUT2D eigenvalue weighted by molar-refractivity contribution is 9.11. The minimum absolute atomic E-state index is 0.0699. The van der Waals surface area contributed by atoms with E-state index < -0.39 is 0 Å². The molecule has 0 spiro atoms. The SMILES string of the molecule is COc1cc(NC(C)c2cccc(C#N)c2)c(Br)cc1Br. The number of ether oxygens (including phenoxy) is 1. The first kappa shape index (κ1) is 15.9. The zero-order chi connectivity index (χ0) is 15.4. The fourth-order valence-corrected chi connectivity index (χ4v) is 3.26. The van der Waals surface area contributed by atoms with Crippen LogP contribution in [0, 0.1) is 11.3 Å². The van der Waals surface area contributed by atoms with Gasteiger partial charge in [0, 0.05) is 16.6 Å². The second kappa shape index (κ2) is 6.97. The minimum Gasteiger partial charge on any atom is -0.495 e. The van der Waals surface area contributed by atoms with E-state index in [4.69, 9.17) is 10.00 Å². The lowest BCUT2D eigenvalue weighted by Crippen LogP contribution is -2.07. The Bertz CT molecular complexity index is 695. The highest BCUT2D eigenvalue weighted by atomic mass is 79.9. The summed E-state index contributed by atoms with van der Waals surface area (Å²) in [6, 6.07) is 13.7. The summed E-state index contributed by atoms with van der Waals surface area (Å²) in [7, 11) is 1.64. The van der Waals surface area contributed by atoms with Gasteiger partial charge in [-0.05, 0) is 62.5 Å². The van der Waals surface area contributed by atoms with E-state index in [1.165, 1.54) is 0 Å². The number of nitrogens with one attached hydrogen (secondary N) is 1. The molecule has 0 amide bonds. The molecule has 2 rings (SSSR count). The van der Waals surface area contributed by atoms with Gasteiger partial charge >= 0.3 is 0 Å². The van der Waals surface area contributed by atoms with Crippen molar-refractivity contribution < 1.29 is 4.74 Å². The lowest BCUT2D eigenvalue weighted by Gasteiger charge is -2.18.